The fraction of sp³-hybridized carbons (Fsp3) is 0.269. The number of hydrogen-bond acceptors (Lipinski definition) is 5. The van der Waals surface area contributed by atoms with E-state index < -0.39 is 24.1 Å². The molecule has 182 valence electrons. The molecule has 1 saturated heterocycles. The second kappa shape index (κ2) is 10.7. The molecule has 4 rings (SSSR count). The first-order valence-corrected chi connectivity index (χ1v) is 12.1. The van der Waals surface area contributed by atoms with E-state index in [-0.39, 0.29) is 24.3 Å². The Hall–Kier alpha value is -3.72. The monoisotopic (exact) mass is 495 g/mol. The Bertz CT molecular complexity index is 1200. The molecule has 1 aromatic heterocycles. The lowest BCUT2D eigenvalue weighted by atomic mass is 10.00. The summed E-state index contributed by atoms with van der Waals surface area (Å²) in [6.45, 7) is 4.42. The van der Waals surface area contributed by atoms with Gasteiger partial charge in [0.05, 0.1) is 11.4 Å². The molecule has 2 heterocycles. The molecule has 0 radical (unpaired) electrons. The number of thiophene rings is 1. The number of anilines is 1. The standard InChI is InChI=1S/C26H26FN3O4S/c1-16(2)14-28-25(32)22-23(34-26(33)30(22)15-17-5-3-6-19(27)13-17)18-8-10-20(11-9-18)29-24(31)21-7-4-12-35-21/h3-13,16,22-23H,14-15H2,1-2H3,(H,28,32)(H,29,31)/t22-,23-/m1/s1. The highest BCUT2D eigenvalue weighted by Gasteiger charge is 2.47. The summed E-state index contributed by atoms with van der Waals surface area (Å²) in [6.07, 6.45) is -1.51. The average molecular weight is 496 g/mol. The highest BCUT2D eigenvalue weighted by atomic mass is 32.1. The summed E-state index contributed by atoms with van der Waals surface area (Å²) in [4.78, 5) is 40.2. The first kappa shape index (κ1) is 24.4. The van der Waals surface area contributed by atoms with Gasteiger partial charge in [-0.1, -0.05) is 44.2 Å². The first-order chi connectivity index (χ1) is 16.8. The SMILES string of the molecule is CC(C)CNC(=O)[C@H]1[C@@H](c2ccc(NC(=O)c3cccs3)cc2)OC(=O)N1Cc1cccc(F)c1. The molecule has 2 aromatic carbocycles. The van der Waals surface area contributed by atoms with Crippen molar-refractivity contribution in [3.05, 3.63) is 87.9 Å². The van der Waals surface area contributed by atoms with Gasteiger partial charge in [0.15, 0.2) is 12.1 Å². The van der Waals surface area contributed by atoms with E-state index in [1.165, 1.54) is 28.4 Å². The molecule has 7 nitrogen and oxygen atoms in total. The van der Waals surface area contributed by atoms with Crippen LogP contribution in [-0.2, 0) is 16.1 Å². The quantitative estimate of drug-likeness (QED) is 0.462. The molecule has 0 bridgehead atoms. The average Bonchev–Trinajstić information content (AvgIpc) is 3.47. The fourth-order valence-electron chi connectivity index (χ4n) is 3.81. The zero-order chi connectivity index (χ0) is 24.9. The number of carbonyl (C=O) groups is 3. The van der Waals surface area contributed by atoms with Gasteiger partial charge in [0.2, 0.25) is 5.91 Å². The van der Waals surface area contributed by atoms with Gasteiger partial charge in [-0.25, -0.2) is 9.18 Å². The van der Waals surface area contributed by atoms with Crippen LogP contribution < -0.4 is 10.6 Å². The summed E-state index contributed by atoms with van der Waals surface area (Å²) >= 11 is 1.34. The molecular weight excluding hydrogens is 469 g/mol. The van der Waals surface area contributed by atoms with E-state index >= 15 is 0 Å². The summed E-state index contributed by atoms with van der Waals surface area (Å²) in [5.41, 5.74) is 1.74. The molecule has 0 spiro atoms. The van der Waals surface area contributed by atoms with Crippen LogP contribution in [0.3, 0.4) is 0 Å². The van der Waals surface area contributed by atoms with Crippen LogP contribution in [0.2, 0.25) is 0 Å². The second-order valence-corrected chi connectivity index (χ2v) is 9.65. The first-order valence-electron chi connectivity index (χ1n) is 11.3. The van der Waals surface area contributed by atoms with E-state index in [9.17, 15) is 18.8 Å². The van der Waals surface area contributed by atoms with Crippen LogP contribution in [-0.4, -0.2) is 35.4 Å². The molecule has 0 saturated carbocycles. The van der Waals surface area contributed by atoms with Crippen molar-refractivity contribution in [3.63, 3.8) is 0 Å². The van der Waals surface area contributed by atoms with Crippen LogP contribution in [0, 0.1) is 11.7 Å². The predicted molar refractivity (Wildman–Crippen MR) is 132 cm³/mol. The second-order valence-electron chi connectivity index (χ2n) is 8.70. The van der Waals surface area contributed by atoms with Crippen LogP contribution in [0.15, 0.2) is 66.0 Å². The minimum absolute atomic E-state index is 0.0296. The van der Waals surface area contributed by atoms with Gasteiger partial charge in [-0.05, 0) is 52.8 Å². The summed E-state index contributed by atoms with van der Waals surface area (Å²) in [5, 5.41) is 7.53. The summed E-state index contributed by atoms with van der Waals surface area (Å²) in [7, 11) is 0. The van der Waals surface area contributed by atoms with E-state index in [2.05, 4.69) is 10.6 Å². The molecule has 1 aliphatic rings. The highest BCUT2D eigenvalue weighted by molar-refractivity contribution is 7.12. The number of benzene rings is 2. The van der Waals surface area contributed by atoms with Crippen molar-refractivity contribution >= 4 is 34.9 Å². The third-order valence-electron chi connectivity index (χ3n) is 5.52. The molecule has 35 heavy (non-hydrogen) atoms. The Balaban J connectivity index is 1.56. The number of rotatable bonds is 8. The van der Waals surface area contributed by atoms with Crippen LogP contribution in [0.5, 0.6) is 0 Å². The van der Waals surface area contributed by atoms with Gasteiger partial charge in [0.1, 0.15) is 5.82 Å². The van der Waals surface area contributed by atoms with Crippen molar-refractivity contribution in [3.8, 4) is 0 Å². The molecule has 2 atom stereocenters. The third kappa shape index (κ3) is 5.86. The van der Waals surface area contributed by atoms with Gasteiger partial charge >= 0.3 is 6.09 Å². The number of carbonyl (C=O) groups excluding carboxylic acids is 3. The van der Waals surface area contributed by atoms with Crippen molar-refractivity contribution in [2.24, 2.45) is 5.92 Å². The maximum Gasteiger partial charge on any atom is 0.411 e. The number of ether oxygens (including phenoxy) is 1. The Morgan fingerprint density at radius 2 is 1.89 bits per heavy atom. The fourth-order valence-corrected chi connectivity index (χ4v) is 4.43. The van der Waals surface area contributed by atoms with Crippen molar-refractivity contribution in [1.29, 1.82) is 0 Å². The van der Waals surface area contributed by atoms with Gasteiger partial charge < -0.3 is 15.4 Å². The summed E-state index contributed by atoms with van der Waals surface area (Å²) in [6, 6.07) is 15.3. The van der Waals surface area contributed by atoms with Gasteiger partial charge in [0, 0.05) is 12.2 Å². The number of nitrogens with one attached hydrogen (secondary N) is 2. The number of cyclic esters (lactones) is 1. The lowest BCUT2D eigenvalue weighted by molar-refractivity contribution is -0.126. The van der Waals surface area contributed by atoms with Crippen LogP contribution in [0.4, 0.5) is 14.9 Å². The predicted octanol–water partition coefficient (Wildman–Crippen LogP) is 4.97. The molecule has 3 amide bonds. The van der Waals surface area contributed by atoms with Crippen molar-refractivity contribution in [2.75, 3.05) is 11.9 Å². The van der Waals surface area contributed by atoms with E-state index in [0.717, 1.165) is 0 Å². The summed E-state index contributed by atoms with van der Waals surface area (Å²) < 4.78 is 19.3. The van der Waals surface area contributed by atoms with Gasteiger partial charge in [-0.15, -0.1) is 11.3 Å². The smallest absolute Gasteiger partial charge is 0.411 e. The summed E-state index contributed by atoms with van der Waals surface area (Å²) in [5.74, 6) is -0.765. The molecule has 0 unspecified atom stereocenters. The Labute approximate surface area is 206 Å². The topological polar surface area (TPSA) is 87.7 Å². The lowest BCUT2D eigenvalue weighted by Gasteiger charge is -2.24. The largest absolute Gasteiger partial charge is 0.438 e. The Kier molecular flexibility index (Phi) is 7.45. The Morgan fingerprint density at radius 1 is 1.11 bits per heavy atom. The van der Waals surface area contributed by atoms with Crippen molar-refractivity contribution in [2.45, 2.75) is 32.5 Å². The van der Waals surface area contributed by atoms with E-state index in [1.54, 1.807) is 48.5 Å². The van der Waals surface area contributed by atoms with Gasteiger partial charge in [-0.3, -0.25) is 14.5 Å². The van der Waals surface area contributed by atoms with Crippen LogP contribution in [0.1, 0.15) is 40.8 Å². The zero-order valence-electron chi connectivity index (χ0n) is 19.4. The lowest BCUT2D eigenvalue weighted by Crippen LogP contribution is -2.47. The maximum atomic E-state index is 13.7. The molecule has 0 aliphatic carbocycles. The van der Waals surface area contributed by atoms with Crippen LogP contribution >= 0.6 is 11.3 Å². The zero-order valence-corrected chi connectivity index (χ0v) is 20.2. The number of hydrogen-bond donors (Lipinski definition) is 2. The van der Waals surface area contributed by atoms with Gasteiger partial charge in [-0.2, -0.15) is 0 Å². The minimum Gasteiger partial charge on any atom is -0.438 e. The Morgan fingerprint density at radius 3 is 2.54 bits per heavy atom. The molecule has 1 aliphatic heterocycles. The molecule has 1 fully saturated rings. The number of halogens is 1. The van der Waals surface area contributed by atoms with Crippen molar-refractivity contribution in [1.82, 2.24) is 10.2 Å². The van der Waals surface area contributed by atoms with Crippen LogP contribution in [0.25, 0.3) is 0 Å². The van der Waals surface area contributed by atoms with Crippen molar-refractivity contribution < 1.29 is 23.5 Å². The molecule has 9 heteroatoms. The number of amides is 3. The molecule has 3 aromatic rings. The maximum absolute atomic E-state index is 13.7. The van der Waals surface area contributed by atoms with Gasteiger partial charge in [0.25, 0.3) is 5.91 Å². The molecular formula is C26H26FN3O4S. The minimum atomic E-state index is -0.934. The third-order valence-corrected chi connectivity index (χ3v) is 6.39. The highest BCUT2D eigenvalue weighted by Crippen LogP contribution is 2.34. The number of nitrogens with zero attached hydrogens (tertiary/aromatic N) is 1. The molecule has 2 N–H and O–H groups in total. The van der Waals surface area contributed by atoms with E-state index in [0.29, 0.717) is 28.2 Å². The van der Waals surface area contributed by atoms with E-state index in [4.69, 9.17) is 4.74 Å². The van der Waals surface area contributed by atoms with E-state index in [1.807, 2.05) is 19.2 Å². The normalized spacial score (nSPS) is 17.4.